The van der Waals surface area contributed by atoms with E-state index in [1.807, 2.05) is 34.0 Å². The predicted molar refractivity (Wildman–Crippen MR) is 86.7 cm³/mol. The summed E-state index contributed by atoms with van der Waals surface area (Å²) in [6.45, 7) is 7.34. The van der Waals surface area contributed by atoms with Crippen molar-refractivity contribution in [2.24, 2.45) is 7.05 Å². The fourth-order valence-electron chi connectivity index (χ4n) is 2.53. The zero-order valence-corrected chi connectivity index (χ0v) is 13.6. The summed E-state index contributed by atoms with van der Waals surface area (Å²) in [6, 6.07) is 10.4. The van der Waals surface area contributed by atoms with Crippen molar-refractivity contribution in [1.29, 1.82) is 0 Å². The molecule has 0 bridgehead atoms. The lowest BCUT2D eigenvalue weighted by Crippen LogP contribution is -2.25. The minimum absolute atomic E-state index is 0.186. The van der Waals surface area contributed by atoms with Crippen LogP contribution in [-0.4, -0.2) is 28.8 Å². The summed E-state index contributed by atoms with van der Waals surface area (Å²) in [6.07, 6.45) is 0. The van der Waals surface area contributed by atoms with Crippen LogP contribution >= 0.6 is 0 Å². The van der Waals surface area contributed by atoms with E-state index in [-0.39, 0.29) is 5.78 Å². The quantitative estimate of drug-likeness (QED) is 0.787. The molecule has 1 heterocycles. The van der Waals surface area contributed by atoms with Gasteiger partial charge in [0.15, 0.2) is 5.78 Å². The van der Waals surface area contributed by atoms with Crippen LogP contribution in [0.25, 0.3) is 0 Å². The van der Waals surface area contributed by atoms with Gasteiger partial charge in [-0.05, 0) is 39.4 Å². The molecule has 0 radical (unpaired) electrons. The molecule has 0 unspecified atom stereocenters. The van der Waals surface area contributed by atoms with Gasteiger partial charge in [0, 0.05) is 30.5 Å². The molecule has 0 saturated carbocycles. The lowest BCUT2D eigenvalue weighted by molar-refractivity contribution is 0.0942. The van der Waals surface area contributed by atoms with Crippen LogP contribution in [0.5, 0.6) is 0 Å². The summed E-state index contributed by atoms with van der Waals surface area (Å²) in [7, 11) is 3.99. The van der Waals surface area contributed by atoms with Gasteiger partial charge in [0.25, 0.3) is 0 Å². The lowest BCUT2D eigenvalue weighted by Gasteiger charge is -2.16. The van der Waals surface area contributed by atoms with Gasteiger partial charge in [-0.15, -0.1) is 0 Å². The van der Waals surface area contributed by atoms with Crippen LogP contribution in [-0.2, 0) is 13.6 Å². The Bertz CT molecular complexity index is 638. The van der Waals surface area contributed by atoms with E-state index in [2.05, 4.69) is 40.7 Å². The Labute approximate surface area is 127 Å². The number of aryl methyl sites for hydroxylation is 2. The number of carbonyl (C=O) groups excluding carboxylic acids is 1. The molecule has 0 aliphatic heterocycles. The second kappa shape index (κ2) is 6.27. The van der Waals surface area contributed by atoms with E-state index < -0.39 is 0 Å². The Kier molecular flexibility index (Phi) is 4.63. The largest absolute Gasteiger partial charge is 0.351 e. The molecule has 0 amide bonds. The van der Waals surface area contributed by atoms with Crippen molar-refractivity contribution in [3.63, 3.8) is 0 Å². The third-order valence-electron chi connectivity index (χ3n) is 4.06. The number of carbonyl (C=O) groups is 1. The van der Waals surface area contributed by atoms with Crippen LogP contribution < -0.4 is 0 Å². The summed E-state index contributed by atoms with van der Waals surface area (Å²) in [5.41, 5.74) is 5.49. The first-order chi connectivity index (χ1) is 9.88. The van der Waals surface area contributed by atoms with Crippen molar-refractivity contribution < 1.29 is 4.79 Å². The van der Waals surface area contributed by atoms with Crippen LogP contribution in [0.15, 0.2) is 30.3 Å². The SMILES string of the molecule is Cc1ccc(CN(C)CC(=O)c2cc(C)n(C)c2C)cc1. The highest BCUT2D eigenvalue weighted by atomic mass is 16.1. The average molecular weight is 284 g/mol. The minimum atomic E-state index is 0.186. The van der Waals surface area contributed by atoms with E-state index in [0.717, 1.165) is 23.5 Å². The number of hydrogen-bond donors (Lipinski definition) is 0. The molecular weight excluding hydrogens is 260 g/mol. The molecule has 3 nitrogen and oxygen atoms in total. The molecule has 0 aliphatic rings. The van der Waals surface area contributed by atoms with Crippen LogP contribution in [0.1, 0.15) is 32.9 Å². The standard InChI is InChI=1S/C18H24N2O/c1-13-6-8-16(9-7-13)11-19(4)12-18(21)17-10-14(2)20(5)15(17)3/h6-10H,11-12H2,1-5H3. The molecule has 3 heteroatoms. The molecular formula is C18H24N2O. The van der Waals surface area contributed by atoms with Crippen molar-refractivity contribution in [2.45, 2.75) is 27.3 Å². The van der Waals surface area contributed by atoms with Crippen LogP contribution in [0, 0.1) is 20.8 Å². The third-order valence-corrected chi connectivity index (χ3v) is 4.06. The predicted octanol–water partition coefficient (Wildman–Crippen LogP) is 3.27. The number of nitrogens with zero attached hydrogens (tertiary/aromatic N) is 2. The molecule has 2 rings (SSSR count). The molecule has 1 aromatic carbocycles. The van der Waals surface area contributed by atoms with Gasteiger partial charge >= 0.3 is 0 Å². The van der Waals surface area contributed by atoms with E-state index in [0.29, 0.717) is 6.54 Å². The third kappa shape index (κ3) is 3.61. The second-order valence-corrected chi connectivity index (χ2v) is 5.92. The second-order valence-electron chi connectivity index (χ2n) is 5.92. The molecule has 0 spiro atoms. The van der Waals surface area contributed by atoms with Gasteiger partial charge in [0.2, 0.25) is 0 Å². The monoisotopic (exact) mass is 284 g/mol. The molecule has 0 saturated heterocycles. The highest BCUT2D eigenvalue weighted by molar-refractivity contribution is 5.99. The molecule has 0 fully saturated rings. The first kappa shape index (κ1) is 15.5. The highest BCUT2D eigenvalue weighted by Crippen LogP contribution is 2.15. The number of Topliss-reactive ketones (excluding diaryl/α,β-unsaturated/α-hetero) is 1. The normalized spacial score (nSPS) is 11.1. The van der Waals surface area contributed by atoms with Gasteiger partial charge in [-0.3, -0.25) is 9.69 Å². The Morgan fingerprint density at radius 3 is 2.29 bits per heavy atom. The number of hydrogen-bond acceptors (Lipinski definition) is 2. The van der Waals surface area contributed by atoms with Gasteiger partial charge in [-0.25, -0.2) is 0 Å². The smallest absolute Gasteiger partial charge is 0.178 e. The van der Waals surface area contributed by atoms with Gasteiger partial charge in [-0.1, -0.05) is 29.8 Å². The summed E-state index contributed by atoms with van der Waals surface area (Å²) in [5.74, 6) is 0.186. The number of benzene rings is 1. The van der Waals surface area contributed by atoms with E-state index in [9.17, 15) is 4.79 Å². The maximum absolute atomic E-state index is 12.4. The first-order valence-electron chi connectivity index (χ1n) is 7.28. The Hall–Kier alpha value is -1.87. The molecule has 0 aliphatic carbocycles. The van der Waals surface area contributed by atoms with Crippen molar-refractivity contribution in [3.05, 3.63) is 58.4 Å². The molecule has 112 valence electrons. The fourth-order valence-corrected chi connectivity index (χ4v) is 2.53. The Morgan fingerprint density at radius 2 is 1.76 bits per heavy atom. The lowest BCUT2D eigenvalue weighted by atomic mass is 10.1. The van der Waals surface area contributed by atoms with Gasteiger partial charge in [-0.2, -0.15) is 0 Å². The number of likely N-dealkylation sites (N-methyl/N-ethyl adjacent to an activating group) is 1. The summed E-state index contributed by atoms with van der Waals surface area (Å²) < 4.78 is 2.06. The van der Waals surface area contributed by atoms with Gasteiger partial charge in [0.1, 0.15) is 0 Å². The first-order valence-corrected chi connectivity index (χ1v) is 7.28. The average Bonchev–Trinajstić information content (AvgIpc) is 2.69. The van der Waals surface area contributed by atoms with Crippen molar-refractivity contribution in [1.82, 2.24) is 9.47 Å². The zero-order valence-electron chi connectivity index (χ0n) is 13.6. The summed E-state index contributed by atoms with van der Waals surface area (Å²) in [5, 5.41) is 0. The number of ketones is 1. The molecule has 21 heavy (non-hydrogen) atoms. The number of rotatable bonds is 5. The molecule has 0 N–H and O–H groups in total. The van der Waals surface area contributed by atoms with E-state index >= 15 is 0 Å². The zero-order chi connectivity index (χ0) is 15.6. The summed E-state index contributed by atoms with van der Waals surface area (Å²) >= 11 is 0. The summed E-state index contributed by atoms with van der Waals surface area (Å²) in [4.78, 5) is 14.5. The van der Waals surface area contributed by atoms with Crippen LogP contribution in [0.4, 0.5) is 0 Å². The Balaban J connectivity index is 2.01. The maximum atomic E-state index is 12.4. The van der Waals surface area contributed by atoms with Crippen molar-refractivity contribution >= 4 is 5.78 Å². The van der Waals surface area contributed by atoms with E-state index in [4.69, 9.17) is 0 Å². The number of aromatic nitrogens is 1. The van der Waals surface area contributed by atoms with E-state index in [1.54, 1.807) is 0 Å². The van der Waals surface area contributed by atoms with Gasteiger partial charge < -0.3 is 4.57 Å². The highest BCUT2D eigenvalue weighted by Gasteiger charge is 2.15. The van der Waals surface area contributed by atoms with Crippen molar-refractivity contribution in [2.75, 3.05) is 13.6 Å². The fraction of sp³-hybridized carbons (Fsp3) is 0.389. The maximum Gasteiger partial charge on any atom is 0.178 e. The Morgan fingerprint density at radius 1 is 1.14 bits per heavy atom. The van der Waals surface area contributed by atoms with Crippen LogP contribution in [0.2, 0.25) is 0 Å². The van der Waals surface area contributed by atoms with E-state index in [1.165, 1.54) is 11.1 Å². The molecule has 0 atom stereocenters. The molecule has 2 aromatic rings. The van der Waals surface area contributed by atoms with Gasteiger partial charge in [0.05, 0.1) is 6.54 Å². The topological polar surface area (TPSA) is 25.2 Å². The minimum Gasteiger partial charge on any atom is -0.351 e. The molecule has 1 aromatic heterocycles. The van der Waals surface area contributed by atoms with Crippen molar-refractivity contribution in [3.8, 4) is 0 Å². The van der Waals surface area contributed by atoms with Crippen LogP contribution in [0.3, 0.4) is 0 Å².